The molecule has 1 heterocycles. The van der Waals surface area contributed by atoms with Gasteiger partial charge in [-0.3, -0.25) is 4.79 Å². The molecule has 1 aromatic carbocycles. The van der Waals surface area contributed by atoms with E-state index >= 15 is 0 Å². The van der Waals surface area contributed by atoms with Crippen molar-refractivity contribution < 1.29 is 9.59 Å². The molecule has 0 radical (unpaired) electrons. The number of aromatic nitrogens is 2. The molecule has 27 heavy (non-hydrogen) atoms. The van der Waals surface area contributed by atoms with Crippen LogP contribution >= 0.6 is 0 Å². The molecule has 0 aliphatic rings. The van der Waals surface area contributed by atoms with Crippen LogP contribution in [0.2, 0.25) is 0 Å². The smallest absolute Gasteiger partial charge is 0.319 e. The molecule has 7 nitrogen and oxygen atoms in total. The van der Waals surface area contributed by atoms with E-state index in [1.807, 2.05) is 29.0 Å². The number of nitrogens with one attached hydrogen (secondary N) is 2. The van der Waals surface area contributed by atoms with Crippen molar-refractivity contribution in [2.24, 2.45) is 5.41 Å². The van der Waals surface area contributed by atoms with Crippen LogP contribution in [0, 0.1) is 5.41 Å². The fourth-order valence-electron chi connectivity index (χ4n) is 2.58. The Kier molecular flexibility index (Phi) is 6.60. The average Bonchev–Trinajstić information content (AvgIpc) is 3.08. The summed E-state index contributed by atoms with van der Waals surface area (Å²) >= 11 is 0. The molecule has 0 saturated carbocycles. The summed E-state index contributed by atoms with van der Waals surface area (Å²) in [4.78, 5) is 30.2. The summed E-state index contributed by atoms with van der Waals surface area (Å²) in [5.41, 5.74) is 1.29. The van der Waals surface area contributed by atoms with Gasteiger partial charge in [-0.1, -0.05) is 39.0 Å². The maximum Gasteiger partial charge on any atom is 0.319 e. The monoisotopic (exact) mass is 371 g/mol. The molecule has 0 saturated heterocycles. The summed E-state index contributed by atoms with van der Waals surface area (Å²) in [6.07, 6.45) is 5.57. The van der Waals surface area contributed by atoms with Gasteiger partial charge in [0.15, 0.2) is 0 Å². The van der Waals surface area contributed by atoms with Crippen molar-refractivity contribution in [3.63, 3.8) is 0 Å². The second kappa shape index (κ2) is 8.70. The lowest BCUT2D eigenvalue weighted by Gasteiger charge is -2.32. The number of para-hydroxylation sites is 1. The number of benzene rings is 1. The Bertz CT molecular complexity index is 763. The molecule has 0 bridgehead atoms. The van der Waals surface area contributed by atoms with Gasteiger partial charge in [-0.2, -0.15) is 0 Å². The number of hydrogen-bond acceptors (Lipinski definition) is 3. The van der Waals surface area contributed by atoms with Gasteiger partial charge >= 0.3 is 6.03 Å². The zero-order chi connectivity index (χ0) is 20.0. The van der Waals surface area contributed by atoms with Crippen LogP contribution in [-0.4, -0.2) is 46.5 Å². The fourth-order valence-corrected chi connectivity index (χ4v) is 2.58. The first-order valence-corrected chi connectivity index (χ1v) is 8.98. The van der Waals surface area contributed by atoms with Gasteiger partial charge in [0.25, 0.3) is 0 Å². The highest BCUT2D eigenvalue weighted by Gasteiger charge is 2.27. The first-order chi connectivity index (χ1) is 12.7. The van der Waals surface area contributed by atoms with E-state index in [0.29, 0.717) is 12.2 Å². The van der Waals surface area contributed by atoms with Crippen LogP contribution in [0.1, 0.15) is 26.3 Å². The van der Waals surface area contributed by atoms with Crippen LogP contribution in [0.15, 0.2) is 43.0 Å². The number of urea groups is 1. The maximum absolute atomic E-state index is 12.6. The molecule has 2 N–H and O–H groups in total. The lowest BCUT2D eigenvalue weighted by Crippen LogP contribution is -2.48. The Morgan fingerprint density at radius 3 is 2.52 bits per heavy atom. The zero-order valence-corrected chi connectivity index (χ0v) is 16.7. The van der Waals surface area contributed by atoms with Crippen molar-refractivity contribution in [2.75, 3.05) is 19.4 Å². The van der Waals surface area contributed by atoms with Gasteiger partial charge in [-0.15, -0.1) is 0 Å². The Morgan fingerprint density at radius 2 is 1.93 bits per heavy atom. The number of anilines is 1. The van der Waals surface area contributed by atoms with E-state index in [1.54, 1.807) is 32.7 Å². The number of hydrogen-bond donors (Lipinski definition) is 2. The molecule has 3 amide bonds. The second-order valence-electron chi connectivity index (χ2n) is 7.90. The number of carbonyl (C=O) groups is 2. The minimum atomic E-state index is -0.292. The van der Waals surface area contributed by atoms with Crippen molar-refractivity contribution in [3.05, 3.63) is 48.5 Å². The molecule has 0 aliphatic heterocycles. The molecule has 7 heteroatoms. The predicted molar refractivity (Wildman–Crippen MR) is 106 cm³/mol. The van der Waals surface area contributed by atoms with E-state index in [1.165, 1.54) is 4.90 Å². The zero-order valence-electron chi connectivity index (χ0n) is 16.7. The SMILES string of the molecule is CN(C)C(=O)Cc1ccccc1NC(=O)N[C@H](Cn1ccnc1)C(C)(C)C. The molecule has 2 aromatic rings. The van der Waals surface area contributed by atoms with E-state index in [-0.39, 0.29) is 29.8 Å². The number of imidazole rings is 1. The van der Waals surface area contributed by atoms with Crippen molar-refractivity contribution >= 4 is 17.6 Å². The highest BCUT2D eigenvalue weighted by atomic mass is 16.2. The van der Waals surface area contributed by atoms with Crippen LogP contribution in [0.4, 0.5) is 10.5 Å². The van der Waals surface area contributed by atoms with Crippen LogP contribution in [0.25, 0.3) is 0 Å². The third-order valence-electron chi connectivity index (χ3n) is 4.41. The second-order valence-corrected chi connectivity index (χ2v) is 7.90. The Morgan fingerprint density at radius 1 is 1.22 bits per heavy atom. The van der Waals surface area contributed by atoms with Crippen LogP contribution in [0.3, 0.4) is 0 Å². The highest BCUT2D eigenvalue weighted by Crippen LogP contribution is 2.21. The molecule has 146 valence electrons. The van der Waals surface area contributed by atoms with Gasteiger partial charge in [0, 0.05) is 38.7 Å². The third kappa shape index (κ3) is 6.13. The van der Waals surface area contributed by atoms with Crippen molar-refractivity contribution in [1.29, 1.82) is 0 Å². The first kappa shape index (κ1) is 20.5. The predicted octanol–water partition coefficient (Wildman–Crippen LogP) is 2.75. The quantitative estimate of drug-likeness (QED) is 0.819. The molecule has 0 unspecified atom stereocenters. The number of carbonyl (C=O) groups excluding carboxylic acids is 2. The van der Waals surface area contributed by atoms with Gasteiger partial charge in [-0.05, 0) is 17.0 Å². The topological polar surface area (TPSA) is 79.3 Å². The van der Waals surface area contributed by atoms with Gasteiger partial charge in [-0.25, -0.2) is 9.78 Å². The number of likely N-dealkylation sites (N-methyl/N-ethyl adjacent to an activating group) is 1. The van der Waals surface area contributed by atoms with Gasteiger partial charge in [0.1, 0.15) is 0 Å². The molecule has 0 spiro atoms. The summed E-state index contributed by atoms with van der Waals surface area (Å²) < 4.78 is 1.94. The van der Waals surface area contributed by atoms with E-state index in [0.717, 1.165) is 5.56 Å². The Balaban J connectivity index is 2.08. The minimum absolute atomic E-state index is 0.0164. The minimum Gasteiger partial charge on any atom is -0.349 e. The summed E-state index contributed by atoms with van der Waals surface area (Å²) in [7, 11) is 3.43. The van der Waals surface area contributed by atoms with Gasteiger partial charge in [0.2, 0.25) is 5.91 Å². The van der Waals surface area contributed by atoms with Crippen LogP contribution in [-0.2, 0) is 17.8 Å². The van der Waals surface area contributed by atoms with Crippen molar-refractivity contribution in [1.82, 2.24) is 19.8 Å². The van der Waals surface area contributed by atoms with Gasteiger partial charge < -0.3 is 20.1 Å². The van der Waals surface area contributed by atoms with Crippen LogP contribution in [0.5, 0.6) is 0 Å². The molecule has 0 aliphatic carbocycles. The Hall–Kier alpha value is -2.83. The molecule has 0 fully saturated rings. The average molecular weight is 371 g/mol. The van der Waals surface area contributed by atoms with E-state index < -0.39 is 0 Å². The summed E-state index contributed by atoms with van der Waals surface area (Å²) in [6, 6.07) is 6.97. The number of amides is 3. The molecular formula is C20H29N5O2. The van der Waals surface area contributed by atoms with E-state index in [9.17, 15) is 9.59 Å². The summed E-state index contributed by atoms with van der Waals surface area (Å²) in [5.74, 6) is -0.0164. The standard InChI is InChI=1S/C20H29N5O2/c1-20(2,3)17(13-25-11-10-21-14-25)23-19(27)22-16-9-7-6-8-15(16)12-18(26)24(4)5/h6-11,14,17H,12-13H2,1-5H3,(H2,22,23,27)/t17-/m1/s1. The lowest BCUT2D eigenvalue weighted by molar-refractivity contribution is -0.127. The largest absolute Gasteiger partial charge is 0.349 e. The Labute approximate surface area is 160 Å². The summed E-state index contributed by atoms with van der Waals surface area (Å²) in [6.45, 7) is 6.87. The fraction of sp³-hybridized carbons (Fsp3) is 0.450. The summed E-state index contributed by atoms with van der Waals surface area (Å²) in [5, 5.41) is 5.94. The van der Waals surface area contributed by atoms with Crippen molar-refractivity contribution in [3.8, 4) is 0 Å². The maximum atomic E-state index is 12.6. The number of rotatable bonds is 6. The lowest BCUT2D eigenvalue weighted by atomic mass is 9.86. The highest BCUT2D eigenvalue weighted by molar-refractivity contribution is 5.91. The number of nitrogens with zero attached hydrogens (tertiary/aromatic N) is 3. The van der Waals surface area contributed by atoms with Crippen LogP contribution < -0.4 is 10.6 Å². The normalized spacial score (nSPS) is 12.3. The molecular weight excluding hydrogens is 342 g/mol. The van der Waals surface area contributed by atoms with Gasteiger partial charge in [0.05, 0.1) is 18.8 Å². The molecule has 1 atom stereocenters. The third-order valence-corrected chi connectivity index (χ3v) is 4.41. The van der Waals surface area contributed by atoms with E-state index in [2.05, 4.69) is 36.4 Å². The van der Waals surface area contributed by atoms with Crippen molar-refractivity contribution in [2.45, 2.75) is 39.8 Å². The van der Waals surface area contributed by atoms with E-state index in [4.69, 9.17) is 0 Å². The molecule has 2 rings (SSSR count). The first-order valence-electron chi connectivity index (χ1n) is 8.98. The molecule has 1 aromatic heterocycles.